The first-order valence-corrected chi connectivity index (χ1v) is 10.8. The number of anilines is 3. The molecule has 0 aliphatic heterocycles. The van der Waals surface area contributed by atoms with Gasteiger partial charge in [0.1, 0.15) is 5.82 Å². The Bertz CT molecular complexity index is 1060. The van der Waals surface area contributed by atoms with Crippen molar-refractivity contribution in [3.05, 3.63) is 54.1 Å². The molecule has 1 saturated carbocycles. The van der Waals surface area contributed by atoms with Crippen LogP contribution in [0.1, 0.15) is 31.2 Å². The number of nitrogens with two attached hydrogens (primary N) is 1. The molecule has 0 unspecified atom stereocenters. The Morgan fingerprint density at radius 2 is 1.77 bits per heavy atom. The Kier molecular flexibility index (Phi) is 6.21. The highest BCUT2D eigenvalue weighted by atomic mass is 16.1. The number of aromatic nitrogens is 2. The molecule has 1 fully saturated rings. The first-order valence-electron chi connectivity index (χ1n) is 10.8. The lowest BCUT2D eigenvalue weighted by Gasteiger charge is -2.30. The largest absolute Gasteiger partial charge is 0.399 e. The van der Waals surface area contributed by atoms with Gasteiger partial charge in [0.25, 0.3) is 0 Å². The Balaban J connectivity index is 1.32. The van der Waals surface area contributed by atoms with Crippen molar-refractivity contribution in [3.8, 4) is 0 Å². The maximum Gasteiger partial charge on any atom is 0.225 e. The summed E-state index contributed by atoms with van der Waals surface area (Å²) in [7, 11) is 3.99. The van der Waals surface area contributed by atoms with E-state index in [2.05, 4.69) is 10.6 Å². The molecule has 1 aromatic heterocycles. The molecule has 1 aliphatic rings. The first kappa shape index (κ1) is 20.9. The lowest BCUT2D eigenvalue weighted by atomic mass is 9.91. The van der Waals surface area contributed by atoms with Crippen molar-refractivity contribution in [2.75, 3.05) is 30.0 Å². The highest BCUT2D eigenvalue weighted by Crippen LogP contribution is 2.26. The van der Waals surface area contributed by atoms with Crippen molar-refractivity contribution in [1.29, 1.82) is 0 Å². The lowest BCUT2D eigenvalue weighted by molar-refractivity contribution is -0.121. The fraction of sp³-hybridized carbons (Fsp3) is 0.375. The third kappa shape index (κ3) is 5.23. The normalized spacial score (nSPS) is 18.5. The van der Waals surface area contributed by atoms with Crippen LogP contribution in [-0.2, 0) is 11.2 Å². The molecule has 162 valence electrons. The molecule has 2 aromatic carbocycles. The number of nitrogens with one attached hydrogen (secondary N) is 2. The van der Waals surface area contributed by atoms with Crippen molar-refractivity contribution >= 4 is 34.3 Å². The maximum atomic E-state index is 12.4. The summed E-state index contributed by atoms with van der Waals surface area (Å²) in [6.07, 6.45) is 4.18. The van der Waals surface area contributed by atoms with Gasteiger partial charge in [0.05, 0.1) is 11.9 Å². The van der Waals surface area contributed by atoms with Crippen LogP contribution in [0.5, 0.6) is 0 Å². The Morgan fingerprint density at radius 1 is 1.03 bits per heavy atom. The second-order valence-corrected chi connectivity index (χ2v) is 8.46. The smallest absolute Gasteiger partial charge is 0.225 e. The van der Waals surface area contributed by atoms with E-state index in [1.165, 1.54) is 0 Å². The molecule has 0 atom stereocenters. The molecule has 0 spiro atoms. The molecule has 7 heteroatoms. The zero-order chi connectivity index (χ0) is 21.8. The van der Waals surface area contributed by atoms with Gasteiger partial charge in [-0.05, 0) is 55.5 Å². The predicted molar refractivity (Wildman–Crippen MR) is 126 cm³/mol. The molecule has 0 bridgehead atoms. The summed E-state index contributed by atoms with van der Waals surface area (Å²) in [5.41, 5.74) is 8.37. The van der Waals surface area contributed by atoms with E-state index in [-0.39, 0.29) is 11.9 Å². The van der Waals surface area contributed by atoms with E-state index >= 15 is 0 Å². The standard InChI is InChI=1S/C24H30N6O/c1-30(2)23-20-8-3-4-9-21(20)28-24(29-23)27-19-12-10-18(11-13-19)26-22(31)15-16-6-5-7-17(25)14-16/h3-9,14,18-19H,10-13,15,25H2,1-2H3,(H,26,31)(H,27,28,29). The topological polar surface area (TPSA) is 96.2 Å². The summed E-state index contributed by atoms with van der Waals surface area (Å²) in [6, 6.07) is 16.1. The van der Waals surface area contributed by atoms with Gasteiger partial charge >= 0.3 is 0 Å². The molecule has 3 aromatic rings. The van der Waals surface area contributed by atoms with Crippen LogP contribution in [0.4, 0.5) is 17.5 Å². The van der Waals surface area contributed by atoms with Crippen LogP contribution in [0.25, 0.3) is 10.9 Å². The minimum Gasteiger partial charge on any atom is -0.399 e. The number of fused-ring (bicyclic) bond motifs is 1. The van der Waals surface area contributed by atoms with Crippen LogP contribution in [-0.4, -0.2) is 42.1 Å². The van der Waals surface area contributed by atoms with Gasteiger partial charge in [0.15, 0.2) is 0 Å². The van der Waals surface area contributed by atoms with Gasteiger partial charge in [0, 0.05) is 37.3 Å². The highest BCUT2D eigenvalue weighted by Gasteiger charge is 2.23. The van der Waals surface area contributed by atoms with Crippen LogP contribution in [0.15, 0.2) is 48.5 Å². The van der Waals surface area contributed by atoms with Crippen molar-refractivity contribution < 1.29 is 4.79 Å². The van der Waals surface area contributed by atoms with Crippen molar-refractivity contribution in [1.82, 2.24) is 15.3 Å². The molecular weight excluding hydrogens is 388 g/mol. The molecule has 31 heavy (non-hydrogen) atoms. The van der Waals surface area contributed by atoms with E-state index in [9.17, 15) is 4.79 Å². The molecule has 1 heterocycles. The second-order valence-electron chi connectivity index (χ2n) is 8.46. The van der Waals surface area contributed by atoms with Gasteiger partial charge < -0.3 is 21.3 Å². The summed E-state index contributed by atoms with van der Waals surface area (Å²) in [4.78, 5) is 23.9. The molecule has 1 amide bonds. The maximum absolute atomic E-state index is 12.4. The van der Waals surface area contributed by atoms with Crippen molar-refractivity contribution in [2.24, 2.45) is 0 Å². The van der Waals surface area contributed by atoms with Gasteiger partial charge in [-0.25, -0.2) is 4.98 Å². The van der Waals surface area contributed by atoms with Gasteiger partial charge in [-0.1, -0.05) is 24.3 Å². The van der Waals surface area contributed by atoms with Crippen LogP contribution >= 0.6 is 0 Å². The highest BCUT2D eigenvalue weighted by molar-refractivity contribution is 5.90. The Hall–Kier alpha value is -3.35. The summed E-state index contributed by atoms with van der Waals surface area (Å²) in [5, 5.41) is 7.73. The van der Waals surface area contributed by atoms with E-state index in [1.54, 1.807) is 0 Å². The number of amides is 1. The fourth-order valence-corrected chi connectivity index (χ4v) is 4.20. The Morgan fingerprint density at radius 3 is 2.52 bits per heavy atom. The average Bonchev–Trinajstić information content (AvgIpc) is 2.74. The van der Waals surface area contributed by atoms with Crippen LogP contribution in [0.3, 0.4) is 0 Å². The van der Waals surface area contributed by atoms with Crippen molar-refractivity contribution in [3.63, 3.8) is 0 Å². The molecule has 0 saturated heterocycles. The zero-order valence-electron chi connectivity index (χ0n) is 18.1. The van der Waals surface area contributed by atoms with Gasteiger partial charge in [-0.15, -0.1) is 0 Å². The molecule has 7 nitrogen and oxygen atoms in total. The molecular formula is C24H30N6O. The number of carbonyl (C=O) groups excluding carboxylic acids is 1. The number of hydrogen-bond acceptors (Lipinski definition) is 6. The summed E-state index contributed by atoms with van der Waals surface area (Å²) in [6.45, 7) is 0. The van der Waals surface area contributed by atoms with Gasteiger partial charge in [-0.2, -0.15) is 4.98 Å². The number of rotatable bonds is 6. The van der Waals surface area contributed by atoms with Crippen molar-refractivity contribution in [2.45, 2.75) is 44.2 Å². The Labute approximate surface area is 183 Å². The minimum absolute atomic E-state index is 0.0514. The quantitative estimate of drug-likeness (QED) is 0.531. The van der Waals surface area contributed by atoms with E-state index in [0.717, 1.165) is 48.0 Å². The number of hydrogen-bond donors (Lipinski definition) is 3. The van der Waals surface area contributed by atoms with Gasteiger partial charge in [0.2, 0.25) is 11.9 Å². The summed E-state index contributed by atoms with van der Waals surface area (Å²) in [5.74, 6) is 1.63. The number of benzene rings is 2. The van der Waals surface area contributed by atoms with E-state index in [1.807, 2.05) is 67.5 Å². The minimum atomic E-state index is 0.0514. The number of nitrogens with zero attached hydrogens (tertiary/aromatic N) is 3. The molecule has 4 rings (SSSR count). The molecule has 4 N–H and O–H groups in total. The van der Waals surface area contributed by atoms with E-state index in [0.29, 0.717) is 24.1 Å². The van der Waals surface area contributed by atoms with Crippen LogP contribution < -0.4 is 21.3 Å². The van der Waals surface area contributed by atoms with E-state index in [4.69, 9.17) is 15.7 Å². The van der Waals surface area contributed by atoms with Crippen LogP contribution in [0, 0.1) is 0 Å². The van der Waals surface area contributed by atoms with E-state index < -0.39 is 0 Å². The third-order valence-electron chi connectivity index (χ3n) is 5.75. The summed E-state index contributed by atoms with van der Waals surface area (Å²) < 4.78 is 0. The number of carbonyl (C=O) groups is 1. The zero-order valence-corrected chi connectivity index (χ0v) is 18.1. The second kappa shape index (κ2) is 9.20. The predicted octanol–water partition coefficient (Wildman–Crippen LogP) is 3.36. The first-order chi connectivity index (χ1) is 15.0. The SMILES string of the molecule is CN(C)c1nc(NC2CCC(NC(=O)Cc3cccc(N)c3)CC2)nc2ccccc12. The number of para-hydroxylation sites is 1. The monoisotopic (exact) mass is 418 g/mol. The number of nitrogen functional groups attached to an aromatic ring is 1. The average molecular weight is 419 g/mol. The summed E-state index contributed by atoms with van der Waals surface area (Å²) >= 11 is 0. The fourth-order valence-electron chi connectivity index (χ4n) is 4.20. The van der Waals surface area contributed by atoms with Gasteiger partial charge in [-0.3, -0.25) is 4.79 Å². The molecule has 0 radical (unpaired) electrons. The van der Waals surface area contributed by atoms with Crippen LogP contribution in [0.2, 0.25) is 0 Å². The third-order valence-corrected chi connectivity index (χ3v) is 5.75. The lowest BCUT2D eigenvalue weighted by Crippen LogP contribution is -2.40. The molecule has 1 aliphatic carbocycles.